The van der Waals surface area contributed by atoms with Gasteiger partial charge in [0.2, 0.25) is 0 Å². The van der Waals surface area contributed by atoms with Crippen molar-refractivity contribution in [3.8, 4) is 16.9 Å². The molecular weight excluding hydrogens is 488 g/mol. The molecule has 0 heterocycles. The zero-order valence-electron chi connectivity index (χ0n) is 24.3. The number of nitrogens with zero attached hydrogens (tertiary/aromatic N) is 1. The summed E-state index contributed by atoms with van der Waals surface area (Å²) in [5.41, 5.74) is 2.27. The Bertz CT molecular complexity index is 1090. The molecule has 2 aromatic carbocycles. The summed E-state index contributed by atoms with van der Waals surface area (Å²) in [5.74, 6) is 1.58. The van der Waals surface area contributed by atoms with Crippen LogP contribution in [-0.2, 0) is 20.9 Å². The molecular formula is C33H46N2O4. The van der Waals surface area contributed by atoms with E-state index in [0.717, 1.165) is 85.9 Å². The Hall–Kier alpha value is -3.15. The summed E-state index contributed by atoms with van der Waals surface area (Å²) < 4.78 is 11.0. The number of hydrogen-bond donors (Lipinski definition) is 1. The lowest BCUT2D eigenvalue weighted by molar-refractivity contribution is -0.151. The molecule has 0 bridgehead atoms. The van der Waals surface area contributed by atoms with Gasteiger partial charge >= 0.3 is 5.97 Å². The molecule has 39 heavy (non-hydrogen) atoms. The van der Waals surface area contributed by atoms with Crippen LogP contribution in [0.4, 0.5) is 0 Å². The predicted molar refractivity (Wildman–Crippen MR) is 158 cm³/mol. The van der Waals surface area contributed by atoms with E-state index in [0.29, 0.717) is 19.6 Å². The summed E-state index contributed by atoms with van der Waals surface area (Å²) in [6, 6.07) is 16.5. The first kappa shape index (κ1) is 30.4. The number of carbonyl (C=O) groups is 2. The van der Waals surface area contributed by atoms with Crippen LogP contribution in [0, 0.1) is 5.41 Å². The lowest BCUT2D eigenvalue weighted by Crippen LogP contribution is -2.51. The third kappa shape index (κ3) is 8.94. The van der Waals surface area contributed by atoms with Gasteiger partial charge in [-0.2, -0.15) is 0 Å². The van der Waals surface area contributed by atoms with Crippen molar-refractivity contribution in [1.29, 1.82) is 0 Å². The first-order chi connectivity index (χ1) is 18.8. The Morgan fingerprint density at radius 1 is 1.05 bits per heavy atom. The van der Waals surface area contributed by atoms with Gasteiger partial charge in [0.05, 0.1) is 37.1 Å². The molecule has 2 aromatic rings. The SMILES string of the molecule is CCCCC(=NCc1ccc(-c2ccccc2OCCCC(C)(C)C(=O)OC)cc1)NC1(C=O)CCCCC1. The number of benzene rings is 2. The molecule has 6 nitrogen and oxygen atoms in total. The van der Waals surface area contributed by atoms with Gasteiger partial charge in [-0.05, 0) is 63.1 Å². The first-order valence-electron chi connectivity index (χ1n) is 14.5. The molecule has 1 aliphatic rings. The number of para-hydroxylation sites is 1. The fourth-order valence-electron chi connectivity index (χ4n) is 5.15. The lowest BCUT2D eigenvalue weighted by Gasteiger charge is -2.34. The zero-order chi connectivity index (χ0) is 28.1. The number of unbranched alkanes of at least 4 members (excludes halogenated alkanes) is 1. The lowest BCUT2D eigenvalue weighted by atomic mass is 9.82. The molecule has 1 aliphatic carbocycles. The molecule has 0 aromatic heterocycles. The summed E-state index contributed by atoms with van der Waals surface area (Å²) in [6.45, 7) is 7.08. The van der Waals surface area contributed by atoms with Gasteiger partial charge in [0, 0.05) is 12.0 Å². The second-order valence-corrected chi connectivity index (χ2v) is 11.3. The monoisotopic (exact) mass is 534 g/mol. The van der Waals surface area contributed by atoms with Gasteiger partial charge in [-0.1, -0.05) is 75.1 Å². The van der Waals surface area contributed by atoms with E-state index in [1.165, 1.54) is 13.5 Å². The maximum absolute atomic E-state index is 12.0. The minimum atomic E-state index is -0.522. The number of nitrogens with one attached hydrogen (secondary N) is 1. The largest absolute Gasteiger partial charge is 0.493 e. The molecule has 1 N–H and O–H groups in total. The van der Waals surface area contributed by atoms with E-state index in [1.807, 2.05) is 32.0 Å². The Labute approximate surface area is 234 Å². The predicted octanol–water partition coefficient (Wildman–Crippen LogP) is 7.29. The van der Waals surface area contributed by atoms with Gasteiger partial charge in [0.1, 0.15) is 12.0 Å². The second kappa shape index (κ2) is 14.9. The Morgan fingerprint density at radius 3 is 2.44 bits per heavy atom. The number of amidine groups is 1. The first-order valence-corrected chi connectivity index (χ1v) is 14.5. The van der Waals surface area contributed by atoms with E-state index >= 15 is 0 Å². The fraction of sp³-hybridized carbons (Fsp3) is 0.545. The number of aldehydes is 1. The molecule has 0 amide bonds. The molecule has 212 valence electrons. The minimum absolute atomic E-state index is 0.196. The number of esters is 1. The van der Waals surface area contributed by atoms with Gasteiger partial charge < -0.3 is 19.6 Å². The summed E-state index contributed by atoms with van der Waals surface area (Å²) in [5, 5.41) is 3.55. The van der Waals surface area contributed by atoms with Crippen LogP contribution in [0.3, 0.4) is 0 Å². The van der Waals surface area contributed by atoms with E-state index in [1.54, 1.807) is 0 Å². The number of ether oxygens (including phenoxy) is 2. The second-order valence-electron chi connectivity index (χ2n) is 11.3. The van der Waals surface area contributed by atoms with Gasteiger partial charge in [-0.25, -0.2) is 0 Å². The molecule has 1 fully saturated rings. The molecule has 3 rings (SSSR count). The summed E-state index contributed by atoms with van der Waals surface area (Å²) in [7, 11) is 1.43. The summed E-state index contributed by atoms with van der Waals surface area (Å²) in [4.78, 5) is 28.8. The number of methoxy groups -OCH3 is 1. The Balaban J connectivity index is 1.64. The third-order valence-electron chi connectivity index (χ3n) is 7.68. The van der Waals surface area contributed by atoms with Crippen molar-refractivity contribution in [2.24, 2.45) is 10.4 Å². The highest BCUT2D eigenvalue weighted by Gasteiger charge is 2.32. The number of rotatable bonds is 14. The molecule has 1 saturated carbocycles. The van der Waals surface area contributed by atoms with Crippen LogP contribution in [0.1, 0.15) is 90.5 Å². The maximum Gasteiger partial charge on any atom is 0.311 e. The van der Waals surface area contributed by atoms with E-state index < -0.39 is 11.0 Å². The van der Waals surface area contributed by atoms with Gasteiger partial charge in [0.15, 0.2) is 0 Å². The maximum atomic E-state index is 12.0. The minimum Gasteiger partial charge on any atom is -0.493 e. The standard InChI is InChI=1S/C33H46N2O4/c1-5-6-15-30(35-33(25-36)21-10-7-11-22-33)34-24-26-16-18-27(19-17-26)28-13-8-9-14-29(28)39-23-12-20-32(2,3)31(37)38-4/h8-9,13-14,16-19,25H,5-7,10-12,15,20-24H2,1-4H3,(H,34,35). The topological polar surface area (TPSA) is 77.0 Å². The molecule has 6 heteroatoms. The number of carbonyl (C=O) groups excluding carboxylic acids is 2. The molecule has 0 saturated heterocycles. The Kier molecular flexibility index (Phi) is 11.6. The van der Waals surface area contributed by atoms with E-state index in [2.05, 4.69) is 42.6 Å². The quantitative estimate of drug-likeness (QED) is 0.0905. The molecule has 0 atom stereocenters. The van der Waals surface area contributed by atoms with E-state index in [9.17, 15) is 9.59 Å². The van der Waals surface area contributed by atoms with Gasteiger partial charge in [-0.15, -0.1) is 0 Å². The molecule has 0 radical (unpaired) electrons. The normalized spacial score (nSPS) is 15.4. The zero-order valence-corrected chi connectivity index (χ0v) is 24.3. The fourth-order valence-corrected chi connectivity index (χ4v) is 5.15. The van der Waals surface area contributed by atoms with E-state index in [4.69, 9.17) is 14.5 Å². The average molecular weight is 535 g/mol. The smallest absolute Gasteiger partial charge is 0.311 e. The van der Waals surface area contributed by atoms with Crippen molar-refractivity contribution in [2.45, 2.75) is 97.1 Å². The van der Waals surface area contributed by atoms with Crippen LogP contribution in [0.5, 0.6) is 5.75 Å². The molecule has 0 aliphatic heterocycles. The average Bonchev–Trinajstić information content (AvgIpc) is 2.97. The van der Waals surface area contributed by atoms with Crippen molar-refractivity contribution in [3.63, 3.8) is 0 Å². The number of hydrogen-bond acceptors (Lipinski definition) is 5. The van der Waals surface area contributed by atoms with Crippen LogP contribution in [0.2, 0.25) is 0 Å². The summed E-state index contributed by atoms with van der Waals surface area (Å²) >= 11 is 0. The Morgan fingerprint density at radius 2 is 1.77 bits per heavy atom. The molecule has 0 spiro atoms. The van der Waals surface area contributed by atoms with Crippen LogP contribution in [0.15, 0.2) is 53.5 Å². The van der Waals surface area contributed by atoms with Crippen molar-refractivity contribution in [3.05, 3.63) is 54.1 Å². The van der Waals surface area contributed by atoms with Crippen LogP contribution >= 0.6 is 0 Å². The van der Waals surface area contributed by atoms with Crippen molar-refractivity contribution >= 4 is 18.1 Å². The summed E-state index contributed by atoms with van der Waals surface area (Å²) in [6.07, 6.45) is 10.7. The van der Waals surface area contributed by atoms with Crippen LogP contribution in [0.25, 0.3) is 11.1 Å². The third-order valence-corrected chi connectivity index (χ3v) is 7.68. The number of aliphatic imine (C=N–C) groups is 1. The van der Waals surface area contributed by atoms with Gasteiger partial charge in [-0.3, -0.25) is 9.79 Å². The van der Waals surface area contributed by atoms with Crippen LogP contribution < -0.4 is 10.1 Å². The van der Waals surface area contributed by atoms with Crippen molar-refractivity contribution in [2.75, 3.05) is 13.7 Å². The van der Waals surface area contributed by atoms with Gasteiger partial charge in [0.25, 0.3) is 0 Å². The highest BCUT2D eigenvalue weighted by Crippen LogP contribution is 2.31. The van der Waals surface area contributed by atoms with E-state index in [-0.39, 0.29) is 5.97 Å². The highest BCUT2D eigenvalue weighted by atomic mass is 16.5. The van der Waals surface area contributed by atoms with Crippen molar-refractivity contribution < 1.29 is 19.1 Å². The van der Waals surface area contributed by atoms with Crippen LogP contribution in [-0.4, -0.2) is 37.3 Å². The van der Waals surface area contributed by atoms with Crippen molar-refractivity contribution in [1.82, 2.24) is 5.32 Å². The molecule has 0 unspecified atom stereocenters. The highest BCUT2D eigenvalue weighted by molar-refractivity contribution is 5.86.